The molecule has 0 fully saturated rings. The van der Waals surface area contributed by atoms with E-state index in [0.29, 0.717) is 0 Å². The molecule has 12 aromatic carbocycles. The molecule has 0 bridgehead atoms. The Morgan fingerprint density at radius 1 is 0.267 bits per heavy atom. The lowest BCUT2D eigenvalue weighted by Gasteiger charge is -2.22. The number of hydrogen-bond acceptors (Lipinski definition) is 0. The summed E-state index contributed by atoms with van der Waals surface area (Å²) in [5.41, 5.74) is 20.3. The van der Waals surface area contributed by atoms with Gasteiger partial charge in [-0.2, -0.15) is 0 Å². The van der Waals surface area contributed by atoms with Crippen molar-refractivity contribution in [2.45, 2.75) is 67.2 Å². The van der Waals surface area contributed by atoms with E-state index in [4.69, 9.17) is 0 Å². The van der Waals surface area contributed by atoms with E-state index in [-0.39, 0.29) is 0 Å². The zero-order valence-electron chi connectivity index (χ0n) is 35.2. The molecule has 12 aromatic rings. The van der Waals surface area contributed by atoms with E-state index in [1.54, 1.807) is 0 Å². The second kappa shape index (κ2) is 11.2. The first-order chi connectivity index (χ1) is 29.5. The first-order valence-corrected chi connectivity index (χ1v) is 22.4. The fourth-order valence-electron chi connectivity index (χ4n) is 13.5. The molecule has 0 amide bonds. The van der Waals surface area contributed by atoms with Crippen molar-refractivity contribution in [1.29, 1.82) is 0 Å². The summed E-state index contributed by atoms with van der Waals surface area (Å²) in [6, 6.07) is 43.3. The highest BCUT2D eigenvalue weighted by Crippen LogP contribution is 2.60. The summed E-state index contributed by atoms with van der Waals surface area (Å²) >= 11 is 0. The van der Waals surface area contributed by atoms with Crippen LogP contribution in [0.5, 0.6) is 0 Å². The van der Waals surface area contributed by atoms with Gasteiger partial charge in [-0.15, -0.1) is 0 Å². The van der Waals surface area contributed by atoms with Gasteiger partial charge in [0.1, 0.15) is 0 Å². The number of rotatable bonds is 4. The van der Waals surface area contributed by atoms with Gasteiger partial charge in [-0.3, -0.25) is 0 Å². The molecule has 0 saturated heterocycles. The zero-order chi connectivity index (χ0) is 40.0. The molecule has 0 aromatic heterocycles. The number of fused-ring (bicyclic) bond motifs is 12. The third-order valence-electron chi connectivity index (χ3n) is 15.6. The van der Waals surface area contributed by atoms with Gasteiger partial charge in [0.25, 0.3) is 0 Å². The monoisotopic (exact) mass is 764 g/mol. The molecule has 0 N–H and O–H groups in total. The van der Waals surface area contributed by atoms with Crippen molar-refractivity contribution in [2.24, 2.45) is 0 Å². The van der Waals surface area contributed by atoms with Gasteiger partial charge in [-0.1, -0.05) is 137 Å². The van der Waals surface area contributed by atoms with Crippen LogP contribution in [0.15, 0.2) is 109 Å². The Kier molecular flexibility index (Phi) is 6.22. The standard InChI is InChI=1S/C60H44/c1-7-31-35-15-11-13-17-37(35)33(9-3)53-47-27-29(5)49-43-25-26-44-50-30(6)28-48-54-34(10-4)38-18-14-12-16-36(38)32(8-2)52(54)46-24-22-42(60(50)58(46)48)40-20-19-39(55(43)56(40)44)41-21-23-45(51(31)53)57(47)59(41)49/h11-28H,7-10H2,1-6H3. The SMILES string of the molecule is CCc1c2c(c(CC)c3ccccc13)-c1cc(C)c3c4ccc5c6c(C)cc7c8c(ccc(c9ccc(c%10ccc-2c1c%103)c4c95)c86)-c1c-7c(CC)c2ccccc2c1CC. The van der Waals surface area contributed by atoms with Crippen molar-refractivity contribution in [3.63, 3.8) is 0 Å². The molecule has 2 aliphatic rings. The normalized spacial score (nSPS) is 13.1. The first-order valence-electron chi connectivity index (χ1n) is 22.4. The highest BCUT2D eigenvalue weighted by atomic mass is 14.4. The fraction of sp³-hybridized carbons (Fsp3) is 0.167. The average molecular weight is 765 g/mol. The van der Waals surface area contributed by atoms with Crippen LogP contribution in [0.2, 0.25) is 0 Å². The van der Waals surface area contributed by atoms with Crippen molar-refractivity contribution >= 4 is 97.0 Å². The molecule has 0 saturated carbocycles. The molecule has 284 valence electrons. The maximum atomic E-state index is 2.56. The van der Waals surface area contributed by atoms with Gasteiger partial charge in [0.15, 0.2) is 0 Å². The Morgan fingerprint density at radius 2 is 0.567 bits per heavy atom. The molecule has 14 rings (SSSR count). The molecule has 0 atom stereocenters. The van der Waals surface area contributed by atoms with Gasteiger partial charge in [-0.25, -0.2) is 0 Å². The maximum Gasteiger partial charge on any atom is -0.00112 e. The third-order valence-corrected chi connectivity index (χ3v) is 15.6. The van der Waals surface area contributed by atoms with E-state index in [2.05, 4.69) is 151 Å². The summed E-state index contributed by atoms with van der Waals surface area (Å²) in [7, 11) is 0. The lowest BCUT2D eigenvalue weighted by molar-refractivity contribution is 1.14. The minimum absolute atomic E-state index is 1.02. The summed E-state index contributed by atoms with van der Waals surface area (Å²) in [4.78, 5) is 0. The maximum absolute atomic E-state index is 2.56. The van der Waals surface area contributed by atoms with Gasteiger partial charge in [-0.05, 0) is 214 Å². The molecule has 0 unspecified atom stereocenters. The Morgan fingerprint density at radius 3 is 0.917 bits per heavy atom. The van der Waals surface area contributed by atoms with Gasteiger partial charge in [0.05, 0.1) is 0 Å². The molecular formula is C60H44. The quantitative estimate of drug-likeness (QED) is 0.124. The largest absolute Gasteiger partial charge is 0.0616 e. The smallest absolute Gasteiger partial charge is 0.00112 e. The van der Waals surface area contributed by atoms with Crippen LogP contribution in [-0.2, 0) is 25.7 Å². The highest BCUT2D eigenvalue weighted by Gasteiger charge is 2.34. The average Bonchev–Trinajstić information content (AvgIpc) is 3.78. The van der Waals surface area contributed by atoms with Crippen LogP contribution in [-0.4, -0.2) is 0 Å². The topological polar surface area (TPSA) is 0 Å². The lowest BCUT2D eigenvalue weighted by atomic mass is 9.81. The van der Waals surface area contributed by atoms with Crippen LogP contribution in [0.1, 0.15) is 61.1 Å². The summed E-state index contributed by atoms with van der Waals surface area (Å²) < 4.78 is 0. The van der Waals surface area contributed by atoms with Crippen molar-refractivity contribution in [3.8, 4) is 44.5 Å². The van der Waals surface area contributed by atoms with Crippen LogP contribution in [0, 0.1) is 13.8 Å². The van der Waals surface area contributed by atoms with E-state index >= 15 is 0 Å². The van der Waals surface area contributed by atoms with Crippen LogP contribution >= 0.6 is 0 Å². The Labute approximate surface area is 349 Å². The number of hydrogen-bond donors (Lipinski definition) is 0. The molecule has 0 heterocycles. The van der Waals surface area contributed by atoms with Crippen LogP contribution < -0.4 is 0 Å². The molecule has 0 nitrogen and oxygen atoms in total. The summed E-state index contributed by atoms with van der Waals surface area (Å²) in [6.07, 6.45) is 4.07. The second-order valence-corrected chi connectivity index (χ2v) is 18.0. The molecule has 0 spiro atoms. The highest BCUT2D eigenvalue weighted by molar-refractivity contribution is 6.45. The van der Waals surface area contributed by atoms with E-state index in [1.165, 1.54) is 175 Å². The molecule has 2 aliphatic carbocycles. The van der Waals surface area contributed by atoms with Crippen molar-refractivity contribution in [1.82, 2.24) is 0 Å². The fourth-order valence-corrected chi connectivity index (χ4v) is 13.5. The van der Waals surface area contributed by atoms with E-state index in [0.717, 1.165) is 25.7 Å². The Bertz CT molecular complexity index is 3720. The second-order valence-electron chi connectivity index (χ2n) is 18.0. The molecular weight excluding hydrogens is 721 g/mol. The predicted molar refractivity (Wildman–Crippen MR) is 262 cm³/mol. The van der Waals surface area contributed by atoms with E-state index in [9.17, 15) is 0 Å². The van der Waals surface area contributed by atoms with Crippen LogP contribution in [0.3, 0.4) is 0 Å². The summed E-state index contributed by atoms with van der Waals surface area (Å²) in [5, 5.41) is 25.5. The lowest BCUT2D eigenvalue weighted by Crippen LogP contribution is -1.97. The van der Waals surface area contributed by atoms with Gasteiger partial charge < -0.3 is 0 Å². The Balaban J connectivity index is 1.13. The molecule has 0 heteroatoms. The number of aryl methyl sites for hydroxylation is 6. The van der Waals surface area contributed by atoms with Gasteiger partial charge >= 0.3 is 0 Å². The van der Waals surface area contributed by atoms with Gasteiger partial charge in [0.2, 0.25) is 0 Å². The van der Waals surface area contributed by atoms with Gasteiger partial charge in [0, 0.05) is 0 Å². The van der Waals surface area contributed by atoms with E-state index in [1.807, 2.05) is 0 Å². The van der Waals surface area contributed by atoms with Crippen molar-refractivity contribution in [2.75, 3.05) is 0 Å². The minimum atomic E-state index is 1.02. The third kappa shape index (κ3) is 3.58. The van der Waals surface area contributed by atoms with Crippen molar-refractivity contribution < 1.29 is 0 Å². The van der Waals surface area contributed by atoms with Crippen molar-refractivity contribution in [3.05, 3.63) is 143 Å². The molecule has 0 radical (unpaired) electrons. The minimum Gasteiger partial charge on any atom is -0.0616 e. The first kappa shape index (κ1) is 33.3. The summed E-state index contributed by atoms with van der Waals surface area (Å²) in [6.45, 7) is 14.1. The van der Waals surface area contributed by atoms with Crippen LogP contribution in [0.25, 0.3) is 141 Å². The van der Waals surface area contributed by atoms with E-state index < -0.39 is 0 Å². The Hall–Kier alpha value is -6.50. The molecule has 60 heavy (non-hydrogen) atoms. The molecule has 0 aliphatic heterocycles. The predicted octanol–water partition coefficient (Wildman–Crippen LogP) is 17.1. The van der Waals surface area contributed by atoms with Crippen LogP contribution in [0.4, 0.5) is 0 Å². The number of benzene rings is 12. The zero-order valence-corrected chi connectivity index (χ0v) is 35.2. The summed E-state index contributed by atoms with van der Waals surface area (Å²) in [5.74, 6) is 0.